The van der Waals surface area contributed by atoms with Gasteiger partial charge in [-0.2, -0.15) is 0 Å². The van der Waals surface area contributed by atoms with Gasteiger partial charge in [0.15, 0.2) is 11.5 Å². The maximum atomic E-state index is 12.3. The summed E-state index contributed by atoms with van der Waals surface area (Å²) in [5.41, 5.74) is 2.61. The molecule has 2 aromatic rings. The number of ether oxygens (including phenoxy) is 2. The van der Waals surface area contributed by atoms with E-state index in [0.29, 0.717) is 17.9 Å². The number of methoxy groups -OCH3 is 2. The van der Waals surface area contributed by atoms with Gasteiger partial charge in [0.05, 0.1) is 19.7 Å². The number of benzene rings is 1. The molecule has 2 heterocycles. The number of hydrogen-bond donors (Lipinski definition) is 0. The van der Waals surface area contributed by atoms with Gasteiger partial charge < -0.3 is 9.47 Å². The lowest BCUT2D eigenvalue weighted by Crippen LogP contribution is -2.11. The zero-order valence-corrected chi connectivity index (χ0v) is 12.5. The molecule has 0 amide bonds. The van der Waals surface area contributed by atoms with Crippen LogP contribution in [0.1, 0.15) is 16.1 Å². The molecule has 1 aliphatic heterocycles. The van der Waals surface area contributed by atoms with Crippen molar-refractivity contribution in [1.82, 2.24) is 4.57 Å². The van der Waals surface area contributed by atoms with E-state index in [9.17, 15) is 4.79 Å². The highest BCUT2D eigenvalue weighted by Gasteiger charge is 2.21. The molecule has 0 N–H and O–H groups in total. The van der Waals surface area contributed by atoms with Crippen LogP contribution < -0.4 is 9.47 Å². The third-order valence-electron chi connectivity index (χ3n) is 3.73. The summed E-state index contributed by atoms with van der Waals surface area (Å²) in [6.45, 7) is 3.59. The summed E-state index contributed by atoms with van der Waals surface area (Å²) in [6.07, 6.45) is 7.29. The first-order valence-corrected chi connectivity index (χ1v) is 6.85. The zero-order valence-electron chi connectivity index (χ0n) is 12.5. The third kappa shape index (κ3) is 2.02. The molecule has 112 valence electrons. The summed E-state index contributed by atoms with van der Waals surface area (Å²) < 4.78 is 12.4. The molecule has 0 radical (unpaired) electrons. The summed E-state index contributed by atoms with van der Waals surface area (Å²) in [6, 6.07) is 3.70. The van der Waals surface area contributed by atoms with E-state index >= 15 is 0 Å². The van der Waals surface area contributed by atoms with Crippen molar-refractivity contribution in [3.63, 3.8) is 0 Å². The van der Waals surface area contributed by atoms with Crippen molar-refractivity contribution >= 4 is 29.1 Å². The van der Waals surface area contributed by atoms with E-state index in [0.717, 1.165) is 22.2 Å². The minimum Gasteiger partial charge on any atom is -0.493 e. The Balaban J connectivity index is 2.42. The fraction of sp³-hybridized carbons (Fsp3) is 0.176. The van der Waals surface area contributed by atoms with Crippen molar-refractivity contribution in [1.29, 1.82) is 0 Å². The predicted molar refractivity (Wildman–Crippen MR) is 87.1 cm³/mol. The largest absolute Gasteiger partial charge is 0.493 e. The van der Waals surface area contributed by atoms with Crippen molar-refractivity contribution < 1.29 is 14.3 Å². The highest BCUT2D eigenvalue weighted by molar-refractivity contribution is 6.04. The van der Waals surface area contributed by atoms with Gasteiger partial charge in [-0.25, -0.2) is 0 Å². The molecule has 1 aromatic heterocycles. The van der Waals surface area contributed by atoms with Gasteiger partial charge in [0.1, 0.15) is 0 Å². The number of hydrogen-bond acceptors (Lipinski definition) is 4. The molecule has 22 heavy (non-hydrogen) atoms. The Bertz CT molecular complexity index is 828. The van der Waals surface area contributed by atoms with Crippen molar-refractivity contribution in [2.45, 2.75) is 6.42 Å². The Morgan fingerprint density at radius 2 is 2.05 bits per heavy atom. The van der Waals surface area contributed by atoms with Crippen molar-refractivity contribution in [3.05, 3.63) is 42.2 Å². The number of rotatable bonds is 3. The van der Waals surface area contributed by atoms with Crippen LogP contribution in [0.5, 0.6) is 11.5 Å². The summed E-state index contributed by atoms with van der Waals surface area (Å²) in [5.74, 6) is 1.03. The van der Waals surface area contributed by atoms with E-state index in [-0.39, 0.29) is 5.91 Å². The Hall–Kier alpha value is -2.82. The smallest absolute Gasteiger partial charge is 0.254 e. The molecule has 3 rings (SSSR count). The average Bonchev–Trinajstić information content (AvgIpc) is 2.69. The van der Waals surface area contributed by atoms with Gasteiger partial charge >= 0.3 is 0 Å². The normalized spacial score (nSPS) is 12.8. The molecule has 0 saturated heterocycles. The zero-order chi connectivity index (χ0) is 15.7. The SMILES string of the molecule is C=CC(=O)n1c2c(c3cc(OC)c(OC)cc31)C=CN=CC2. The van der Waals surface area contributed by atoms with Crippen molar-refractivity contribution in [2.75, 3.05) is 14.2 Å². The maximum Gasteiger partial charge on any atom is 0.254 e. The first-order valence-electron chi connectivity index (χ1n) is 6.85. The monoisotopic (exact) mass is 296 g/mol. The van der Waals surface area contributed by atoms with Crippen LogP contribution in [0.3, 0.4) is 0 Å². The van der Waals surface area contributed by atoms with E-state index < -0.39 is 0 Å². The standard InChI is InChI=1S/C17H16N2O3/c1-4-17(20)19-13-6-8-18-7-5-11(13)12-9-15(21-2)16(22-3)10-14(12)19/h4-5,7-10H,1,6H2,2-3H3. The fourth-order valence-corrected chi connectivity index (χ4v) is 2.74. The van der Waals surface area contributed by atoms with Gasteiger partial charge in [-0.1, -0.05) is 6.58 Å². The second kappa shape index (κ2) is 5.52. The molecule has 0 aliphatic carbocycles. The number of aliphatic imine (C=N–C) groups is 1. The van der Waals surface area contributed by atoms with Crippen LogP contribution >= 0.6 is 0 Å². The van der Waals surface area contributed by atoms with Gasteiger partial charge in [0.25, 0.3) is 5.91 Å². The van der Waals surface area contributed by atoms with Crippen molar-refractivity contribution in [2.24, 2.45) is 4.99 Å². The summed E-state index contributed by atoms with van der Waals surface area (Å²) in [7, 11) is 3.16. The molecule has 0 spiro atoms. The number of nitrogens with zero attached hydrogens (tertiary/aromatic N) is 2. The summed E-state index contributed by atoms with van der Waals surface area (Å²) in [4.78, 5) is 16.5. The minimum absolute atomic E-state index is 0.179. The van der Waals surface area contributed by atoms with Crippen LogP contribution in [0.2, 0.25) is 0 Å². The second-order valence-electron chi connectivity index (χ2n) is 4.81. The van der Waals surface area contributed by atoms with Crippen LogP contribution in [0.4, 0.5) is 0 Å². The second-order valence-corrected chi connectivity index (χ2v) is 4.81. The fourth-order valence-electron chi connectivity index (χ4n) is 2.74. The lowest BCUT2D eigenvalue weighted by atomic mass is 10.1. The Labute approximate surface area is 128 Å². The lowest BCUT2D eigenvalue weighted by Gasteiger charge is -2.09. The first kappa shape index (κ1) is 14.1. The van der Waals surface area contributed by atoms with E-state index in [1.165, 1.54) is 6.08 Å². The Morgan fingerprint density at radius 3 is 2.73 bits per heavy atom. The molecule has 0 unspecified atom stereocenters. The molecular weight excluding hydrogens is 280 g/mol. The molecule has 1 aromatic carbocycles. The number of carbonyl (C=O) groups is 1. The van der Waals surface area contributed by atoms with Crippen LogP contribution in [-0.2, 0) is 6.42 Å². The Morgan fingerprint density at radius 1 is 1.32 bits per heavy atom. The van der Waals surface area contributed by atoms with Crippen molar-refractivity contribution in [3.8, 4) is 11.5 Å². The van der Waals surface area contributed by atoms with Gasteiger partial charge in [0.2, 0.25) is 0 Å². The molecule has 0 fully saturated rings. The summed E-state index contributed by atoms with van der Waals surface area (Å²) >= 11 is 0. The number of allylic oxidation sites excluding steroid dienone is 1. The molecule has 1 aliphatic rings. The highest BCUT2D eigenvalue weighted by Crippen LogP contribution is 2.37. The number of fused-ring (bicyclic) bond motifs is 3. The van der Waals surface area contributed by atoms with Crippen LogP contribution in [0, 0.1) is 0 Å². The van der Waals surface area contributed by atoms with Gasteiger partial charge in [-0.15, -0.1) is 0 Å². The first-order chi connectivity index (χ1) is 10.7. The maximum absolute atomic E-state index is 12.3. The van der Waals surface area contributed by atoms with E-state index in [1.54, 1.807) is 31.2 Å². The minimum atomic E-state index is -0.179. The van der Waals surface area contributed by atoms with E-state index in [4.69, 9.17) is 9.47 Å². The van der Waals surface area contributed by atoms with Gasteiger partial charge in [0, 0.05) is 41.5 Å². The van der Waals surface area contributed by atoms with E-state index in [2.05, 4.69) is 11.6 Å². The number of aromatic nitrogens is 1. The highest BCUT2D eigenvalue weighted by atomic mass is 16.5. The van der Waals surface area contributed by atoms with Gasteiger partial charge in [-0.3, -0.25) is 14.4 Å². The third-order valence-corrected chi connectivity index (χ3v) is 3.73. The molecule has 5 nitrogen and oxygen atoms in total. The van der Waals surface area contributed by atoms with Gasteiger partial charge in [-0.05, 0) is 18.2 Å². The lowest BCUT2D eigenvalue weighted by molar-refractivity contribution is 0.0972. The molecule has 0 saturated carbocycles. The van der Waals surface area contributed by atoms with Crippen LogP contribution in [0.25, 0.3) is 17.0 Å². The average molecular weight is 296 g/mol. The predicted octanol–water partition coefficient (Wildman–Crippen LogP) is 3.08. The number of carbonyl (C=O) groups excluding carboxylic acids is 1. The van der Waals surface area contributed by atoms with E-state index in [1.807, 2.05) is 18.2 Å². The molecule has 0 atom stereocenters. The quantitative estimate of drug-likeness (QED) is 0.818. The molecular formula is C17H16N2O3. The van der Waals surface area contributed by atoms with Crippen LogP contribution in [-0.4, -0.2) is 30.9 Å². The summed E-state index contributed by atoms with van der Waals surface area (Å²) in [5, 5.41) is 0.921. The molecule has 5 heteroatoms. The Kier molecular flexibility index (Phi) is 3.55. The van der Waals surface area contributed by atoms with Crippen LogP contribution in [0.15, 0.2) is 36.0 Å². The topological polar surface area (TPSA) is 52.8 Å². The molecule has 0 bridgehead atoms.